The molecule has 0 radical (unpaired) electrons. The van der Waals surface area contributed by atoms with Gasteiger partial charge in [0, 0.05) is 44.0 Å². The Morgan fingerprint density at radius 3 is 2.96 bits per heavy atom. The Balaban J connectivity index is 1.51. The van der Waals surface area contributed by atoms with Crippen molar-refractivity contribution in [1.29, 1.82) is 0 Å². The van der Waals surface area contributed by atoms with Crippen molar-refractivity contribution in [2.75, 3.05) is 26.2 Å². The molecule has 142 valence electrons. The van der Waals surface area contributed by atoms with Gasteiger partial charge in [0.15, 0.2) is 5.78 Å². The lowest BCUT2D eigenvalue weighted by molar-refractivity contribution is -0.134. The lowest BCUT2D eigenvalue weighted by atomic mass is 10.0. The predicted molar refractivity (Wildman–Crippen MR) is 103 cm³/mol. The Bertz CT molecular complexity index is 779. The van der Waals surface area contributed by atoms with E-state index in [1.807, 2.05) is 29.3 Å². The molecule has 1 saturated heterocycles. The summed E-state index contributed by atoms with van der Waals surface area (Å²) in [5.41, 5.74) is 1.68. The van der Waals surface area contributed by atoms with E-state index in [1.165, 1.54) is 6.92 Å². The molecule has 1 N–H and O–H groups in total. The molecule has 1 unspecified atom stereocenters. The zero-order chi connectivity index (χ0) is 19.1. The van der Waals surface area contributed by atoms with Crippen molar-refractivity contribution in [1.82, 2.24) is 15.2 Å². The van der Waals surface area contributed by atoms with Crippen LogP contribution in [0.25, 0.3) is 0 Å². The average Bonchev–Trinajstić information content (AvgIpc) is 2.72. The van der Waals surface area contributed by atoms with Crippen LogP contribution in [0.15, 0.2) is 48.8 Å². The number of carbonyl (C=O) groups is 2. The molecule has 6 nitrogen and oxygen atoms in total. The Hall–Kier alpha value is -2.73. The predicted octanol–water partition coefficient (Wildman–Crippen LogP) is 2.62. The highest BCUT2D eigenvalue weighted by Gasteiger charge is 2.27. The van der Waals surface area contributed by atoms with E-state index < -0.39 is 0 Å². The van der Waals surface area contributed by atoms with Gasteiger partial charge in [-0.15, -0.1) is 0 Å². The molecule has 2 heterocycles. The van der Waals surface area contributed by atoms with E-state index in [0.29, 0.717) is 37.3 Å². The first-order valence-corrected chi connectivity index (χ1v) is 9.29. The quantitative estimate of drug-likeness (QED) is 0.602. The summed E-state index contributed by atoms with van der Waals surface area (Å²) in [6, 6.07) is 11.1. The van der Waals surface area contributed by atoms with Gasteiger partial charge in [-0.2, -0.15) is 0 Å². The maximum absolute atomic E-state index is 12.7. The number of piperazine rings is 1. The number of rotatable bonds is 7. The van der Waals surface area contributed by atoms with Gasteiger partial charge in [-0.1, -0.05) is 18.2 Å². The molecule has 0 spiro atoms. The van der Waals surface area contributed by atoms with Crippen molar-refractivity contribution < 1.29 is 14.3 Å². The molecule has 1 fully saturated rings. The van der Waals surface area contributed by atoms with Crippen LogP contribution in [0.2, 0.25) is 0 Å². The number of ketones is 1. The topological polar surface area (TPSA) is 71.5 Å². The highest BCUT2D eigenvalue weighted by Crippen LogP contribution is 2.22. The minimum absolute atomic E-state index is 0.00998. The maximum Gasteiger partial charge on any atom is 0.223 e. The molecule has 0 saturated carbocycles. The number of nitrogens with zero attached hydrogens (tertiary/aromatic N) is 2. The van der Waals surface area contributed by atoms with Gasteiger partial charge in [-0.3, -0.25) is 14.6 Å². The van der Waals surface area contributed by atoms with Crippen LogP contribution < -0.4 is 10.1 Å². The van der Waals surface area contributed by atoms with Crippen LogP contribution in [-0.2, 0) is 4.79 Å². The number of benzene rings is 1. The molecule has 1 aromatic carbocycles. The monoisotopic (exact) mass is 367 g/mol. The van der Waals surface area contributed by atoms with E-state index in [1.54, 1.807) is 24.4 Å². The molecule has 1 aromatic heterocycles. The van der Waals surface area contributed by atoms with Crippen LogP contribution in [0.5, 0.6) is 5.75 Å². The van der Waals surface area contributed by atoms with Crippen LogP contribution >= 0.6 is 0 Å². The summed E-state index contributed by atoms with van der Waals surface area (Å²) < 4.78 is 5.70. The summed E-state index contributed by atoms with van der Waals surface area (Å²) in [5.74, 6) is 0.799. The van der Waals surface area contributed by atoms with Gasteiger partial charge in [0.25, 0.3) is 0 Å². The molecule has 1 aliphatic heterocycles. The summed E-state index contributed by atoms with van der Waals surface area (Å²) in [5, 5.41) is 3.35. The Kier molecular flexibility index (Phi) is 6.54. The smallest absolute Gasteiger partial charge is 0.223 e. The minimum Gasteiger partial charge on any atom is -0.494 e. The minimum atomic E-state index is 0.00998. The Labute approximate surface area is 159 Å². The number of aromatic nitrogens is 1. The number of nitrogens with one attached hydrogen (secondary N) is 1. The van der Waals surface area contributed by atoms with Crippen molar-refractivity contribution in [3.63, 3.8) is 0 Å². The highest BCUT2D eigenvalue weighted by atomic mass is 16.5. The fourth-order valence-electron chi connectivity index (χ4n) is 3.24. The molecule has 0 bridgehead atoms. The normalized spacial score (nSPS) is 16.8. The average molecular weight is 367 g/mol. The SMILES string of the molecule is CC(=O)c1cccc(OCCCC(=O)N2CCNCC2c2cccnc2)c1. The zero-order valence-electron chi connectivity index (χ0n) is 15.6. The molecule has 3 rings (SSSR count). The number of amides is 1. The molecule has 27 heavy (non-hydrogen) atoms. The van der Waals surface area contributed by atoms with Crippen molar-refractivity contribution in [3.8, 4) is 5.75 Å². The van der Waals surface area contributed by atoms with Crippen LogP contribution in [0, 0.1) is 0 Å². The van der Waals surface area contributed by atoms with Gasteiger partial charge in [0.05, 0.1) is 12.6 Å². The first kappa shape index (κ1) is 19.0. The van der Waals surface area contributed by atoms with E-state index >= 15 is 0 Å². The standard InChI is InChI=1S/C21H25N3O3/c1-16(25)17-5-2-7-19(13-17)27-12-4-8-21(26)24-11-10-23-15-20(24)18-6-3-9-22-14-18/h2-3,5-7,9,13-14,20,23H,4,8,10-12,15H2,1H3. The van der Waals surface area contributed by atoms with Gasteiger partial charge in [-0.25, -0.2) is 0 Å². The van der Waals surface area contributed by atoms with Gasteiger partial charge >= 0.3 is 0 Å². The van der Waals surface area contributed by atoms with Crippen LogP contribution in [0.3, 0.4) is 0 Å². The summed E-state index contributed by atoms with van der Waals surface area (Å²) in [6.45, 7) is 4.21. The number of carbonyl (C=O) groups excluding carboxylic acids is 2. The third-order valence-corrected chi connectivity index (χ3v) is 4.68. The molecule has 1 aliphatic rings. The number of ether oxygens (including phenoxy) is 1. The van der Waals surface area contributed by atoms with Gasteiger partial charge in [-0.05, 0) is 37.1 Å². The number of Topliss-reactive ketones (excluding diaryl/α,β-unsaturated/α-hetero) is 1. The van der Waals surface area contributed by atoms with E-state index in [0.717, 1.165) is 18.7 Å². The second kappa shape index (κ2) is 9.28. The summed E-state index contributed by atoms with van der Waals surface area (Å²) in [4.78, 5) is 30.2. The largest absolute Gasteiger partial charge is 0.494 e. The molecular formula is C21H25N3O3. The van der Waals surface area contributed by atoms with Gasteiger partial charge in [0.1, 0.15) is 5.75 Å². The molecular weight excluding hydrogens is 342 g/mol. The van der Waals surface area contributed by atoms with Crippen LogP contribution in [0.4, 0.5) is 0 Å². The Morgan fingerprint density at radius 2 is 2.19 bits per heavy atom. The van der Waals surface area contributed by atoms with Gasteiger partial charge < -0.3 is 15.0 Å². The molecule has 0 aliphatic carbocycles. The van der Waals surface area contributed by atoms with Crippen LogP contribution in [-0.4, -0.2) is 47.8 Å². The first-order valence-electron chi connectivity index (χ1n) is 9.29. The molecule has 6 heteroatoms. The highest BCUT2D eigenvalue weighted by molar-refractivity contribution is 5.94. The van der Waals surface area contributed by atoms with Crippen molar-refractivity contribution in [3.05, 3.63) is 59.9 Å². The van der Waals surface area contributed by atoms with Crippen molar-refractivity contribution in [2.45, 2.75) is 25.8 Å². The van der Waals surface area contributed by atoms with Crippen LogP contribution in [0.1, 0.15) is 41.7 Å². The number of pyridine rings is 1. The second-order valence-electron chi connectivity index (χ2n) is 6.63. The molecule has 2 aromatic rings. The van der Waals surface area contributed by atoms with E-state index in [9.17, 15) is 9.59 Å². The fraction of sp³-hybridized carbons (Fsp3) is 0.381. The maximum atomic E-state index is 12.7. The number of hydrogen-bond donors (Lipinski definition) is 1. The zero-order valence-corrected chi connectivity index (χ0v) is 15.6. The number of hydrogen-bond acceptors (Lipinski definition) is 5. The van der Waals surface area contributed by atoms with Crippen molar-refractivity contribution >= 4 is 11.7 Å². The first-order chi connectivity index (χ1) is 13.1. The third kappa shape index (κ3) is 5.14. The van der Waals surface area contributed by atoms with E-state index in [2.05, 4.69) is 10.3 Å². The summed E-state index contributed by atoms with van der Waals surface area (Å²) >= 11 is 0. The fourth-order valence-corrected chi connectivity index (χ4v) is 3.24. The van der Waals surface area contributed by atoms with Crippen molar-refractivity contribution in [2.24, 2.45) is 0 Å². The Morgan fingerprint density at radius 1 is 1.30 bits per heavy atom. The van der Waals surface area contributed by atoms with E-state index in [-0.39, 0.29) is 17.7 Å². The summed E-state index contributed by atoms with van der Waals surface area (Å²) in [6.07, 6.45) is 4.63. The molecule has 1 atom stereocenters. The van der Waals surface area contributed by atoms with Gasteiger partial charge in [0.2, 0.25) is 5.91 Å². The lowest BCUT2D eigenvalue weighted by Gasteiger charge is -2.36. The van der Waals surface area contributed by atoms with E-state index in [4.69, 9.17) is 4.74 Å². The third-order valence-electron chi connectivity index (χ3n) is 4.68. The molecule has 1 amide bonds. The summed E-state index contributed by atoms with van der Waals surface area (Å²) in [7, 11) is 0. The lowest BCUT2D eigenvalue weighted by Crippen LogP contribution is -2.48. The second-order valence-corrected chi connectivity index (χ2v) is 6.63.